The number of sulfone groups is 1. The highest BCUT2D eigenvalue weighted by Crippen LogP contribution is 2.28. The highest BCUT2D eigenvalue weighted by molar-refractivity contribution is 7.91. The van der Waals surface area contributed by atoms with Gasteiger partial charge in [-0.3, -0.25) is 4.99 Å². The number of anilines is 1. The van der Waals surface area contributed by atoms with Crippen LogP contribution in [0.3, 0.4) is 0 Å². The van der Waals surface area contributed by atoms with Crippen molar-refractivity contribution in [2.24, 2.45) is 4.99 Å². The molecule has 4 rings (SSSR count). The summed E-state index contributed by atoms with van der Waals surface area (Å²) in [6.07, 6.45) is 1.76. The number of pyridine rings is 1. The third-order valence-electron chi connectivity index (χ3n) is 4.74. The molecule has 6 nitrogen and oxygen atoms in total. The Labute approximate surface area is 153 Å². The SMILES string of the molecule is CCOc1ccc2c(c1)C(c1ccnc(N3CCS(=O)(=O)CC3)c1)=NC2. The lowest BCUT2D eigenvalue weighted by molar-refractivity contribution is 0.340. The van der Waals surface area contributed by atoms with E-state index >= 15 is 0 Å². The maximum absolute atomic E-state index is 11.6. The molecular formula is C19H21N3O3S. The lowest BCUT2D eigenvalue weighted by Gasteiger charge is -2.27. The van der Waals surface area contributed by atoms with E-state index in [1.165, 1.54) is 5.56 Å². The molecule has 0 unspecified atom stereocenters. The van der Waals surface area contributed by atoms with Gasteiger partial charge in [0.15, 0.2) is 9.84 Å². The second kappa shape index (κ2) is 6.72. The topological polar surface area (TPSA) is 71.9 Å². The van der Waals surface area contributed by atoms with E-state index in [4.69, 9.17) is 9.73 Å². The first-order valence-corrected chi connectivity index (χ1v) is 10.6. The molecule has 0 atom stereocenters. The first kappa shape index (κ1) is 17.0. The van der Waals surface area contributed by atoms with Crippen LogP contribution in [0.4, 0.5) is 5.82 Å². The number of nitrogens with zero attached hydrogens (tertiary/aromatic N) is 3. The van der Waals surface area contributed by atoms with Gasteiger partial charge in [0.2, 0.25) is 0 Å². The van der Waals surface area contributed by atoms with Crippen molar-refractivity contribution in [3.8, 4) is 5.75 Å². The lowest BCUT2D eigenvalue weighted by Crippen LogP contribution is -2.40. The predicted molar refractivity (Wildman–Crippen MR) is 102 cm³/mol. The summed E-state index contributed by atoms with van der Waals surface area (Å²) in [6, 6.07) is 10.0. The third-order valence-corrected chi connectivity index (χ3v) is 6.35. The molecule has 0 spiro atoms. The van der Waals surface area contributed by atoms with Crippen molar-refractivity contribution in [1.29, 1.82) is 0 Å². The number of rotatable bonds is 4. The first-order chi connectivity index (χ1) is 12.6. The van der Waals surface area contributed by atoms with Gasteiger partial charge < -0.3 is 9.64 Å². The number of hydrogen-bond acceptors (Lipinski definition) is 6. The molecule has 0 aliphatic carbocycles. The Balaban J connectivity index is 1.62. The van der Waals surface area contributed by atoms with Gasteiger partial charge >= 0.3 is 0 Å². The minimum atomic E-state index is -2.91. The molecular weight excluding hydrogens is 350 g/mol. The highest BCUT2D eigenvalue weighted by atomic mass is 32.2. The van der Waals surface area contributed by atoms with Crippen molar-refractivity contribution < 1.29 is 13.2 Å². The second-order valence-electron chi connectivity index (χ2n) is 6.46. The molecule has 136 valence electrons. The third kappa shape index (κ3) is 3.31. The molecule has 7 heteroatoms. The molecule has 0 saturated carbocycles. The van der Waals surface area contributed by atoms with Crippen LogP contribution in [0, 0.1) is 0 Å². The van der Waals surface area contributed by atoms with E-state index in [9.17, 15) is 8.42 Å². The summed E-state index contributed by atoms with van der Waals surface area (Å²) in [5.74, 6) is 2.01. The van der Waals surface area contributed by atoms with Gasteiger partial charge in [-0.2, -0.15) is 0 Å². The molecule has 2 aliphatic rings. The summed E-state index contributed by atoms with van der Waals surface area (Å²) in [4.78, 5) is 11.2. The van der Waals surface area contributed by atoms with Crippen LogP contribution in [0.1, 0.15) is 23.6 Å². The maximum atomic E-state index is 11.6. The first-order valence-electron chi connectivity index (χ1n) is 8.78. The van der Waals surface area contributed by atoms with Gasteiger partial charge in [0, 0.05) is 30.4 Å². The van der Waals surface area contributed by atoms with Crippen LogP contribution in [0.5, 0.6) is 5.75 Å². The van der Waals surface area contributed by atoms with Crippen LogP contribution in [0.15, 0.2) is 41.5 Å². The van der Waals surface area contributed by atoms with Gasteiger partial charge in [-0.05, 0) is 36.8 Å². The van der Waals surface area contributed by atoms with E-state index in [2.05, 4.69) is 11.1 Å². The van der Waals surface area contributed by atoms with Crippen molar-refractivity contribution in [2.45, 2.75) is 13.5 Å². The van der Waals surface area contributed by atoms with Crippen LogP contribution >= 0.6 is 0 Å². The van der Waals surface area contributed by atoms with E-state index in [0.717, 1.165) is 28.4 Å². The van der Waals surface area contributed by atoms with Crippen LogP contribution in [-0.2, 0) is 16.4 Å². The number of fused-ring (bicyclic) bond motifs is 1. The zero-order valence-corrected chi connectivity index (χ0v) is 15.5. The average molecular weight is 371 g/mol. The van der Waals surface area contributed by atoms with Crippen LogP contribution in [-0.4, -0.2) is 50.3 Å². The minimum absolute atomic E-state index is 0.181. The summed E-state index contributed by atoms with van der Waals surface area (Å²) in [5.41, 5.74) is 4.21. The van der Waals surface area contributed by atoms with Crippen molar-refractivity contribution in [3.05, 3.63) is 53.2 Å². The Morgan fingerprint density at radius 3 is 2.73 bits per heavy atom. The number of aromatic nitrogens is 1. The van der Waals surface area contributed by atoms with Gasteiger partial charge in [-0.1, -0.05) is 6.07 Å². The summed E-state index contributed by atoms with van der Waals surface area (Å²) in [7, 11) is -2.91. The van der Waals surface area contributed by atoms with Crippen LogP contribution < -0.4 is 9.64 Å². The summed E-state index contributed by atoms with van der Waals surface area (Å²) < 4.78 is 28.9. The molecule has 0 bridgehead atoms. The van der Waals surface area contributed by atoms with E-state index in [1.807, 2.05) is 36.1 Å². The zero-order chi connectivity index (χ0) is 18.1. The van der Waals surface area contributed by atoms with Crippen LogP contribution in [0.2, 0.25) is 0 Å². The molecule has 1 fully saturated rings. The summed E-state index contributed by atoms with van der Waals surface area (Å²) in [5, 5.41) is 0. The minimum Gasteiger partial charge on any atom is -0.494 e. The van der Waals surface area contributed by atoms with Gasteiger partial charge in [-0.15, -0.1) is 0 Å². The fourth-order valence-electron chi connectivity index (χ4n) is 3.35. The van der Waals surface area contributed by atoms with E-state index in [-0.39, 0.29) is 11.5 Å². The fraction of sp³-hybridized carbons (Fsp3) is 0.368. The molecule has 1 aromatic carbocycles. The van der Waals surface area contributed by atoms with Gasteiger partial charge in [0.25, 0.3) is 0 Å². The Morgan fingerprint density at radius 1 is 1.15 bits per heavy atom. The Hall–Kier alpha value is -2.41. The monoisotopic (exact) mass is 371 g/mol. The number of hydrogen-bond donors (Lipinski definition) is 0. The molecule has 1 saturated heterocycles. The van der Waals surface area contributed by atoms with E-state index in [1.54, 1.807) is 6.20 Å². The lowest BCUT2D eigenvalue weighted by atomic mass is 10.0. The number of aliphatic imine (C=N–C) groups is 1. The van der Waals surface area contributed by atoms with Gasteiger partial charge in [0.05, 0.1) is 30.4 Å². The fourth-order valence-corrected chi connectivity index (χ4v) is 4.55. The van der Waals surface area contributed by atoms with Crippen molar-refractivity contribution >= 4 is 21.4 Å². The zero-order valence-electron chi connectivity index (χ0n) is 14.7. The number of ether oxygens (including phenoxy) is 1. The highest BCUT2D eigenvalue weighted by Gasteiger charge is 2.24. The van der Waals surface area contributed by atoms with Gasteiger partial charge in [-0.25, -0.2) is 13.4 Å². The summed E-state index contributed by atoms with van der Waals surface area (Å²) in [6.45, 7) is 4.22. The molecule has 2 aliphatic heterocycles. The van der Waals surface area contributed by atoms with Crippen LogP contribution in [0.25, 0.3) is 0 Å². The van der Waals surface area contributed by atoms with E-state index in [0.29, 0.717) is 26.2 Å². The Morgan fingerprint density at radius 2 is 1.96 bits per heavy atom. The standard InChI is InChI=1S/C19H21N3O3S/c1-2-25-16-4-3-15-13-21-19(17(15)12-16)14-5-6-20-18(11-14)22-7-9-26(23,24)10-8-22/h3-6,11-12H,2,7-10,13H2,1H3. The van der Waals surface area contributed by atoms with Gasteiger partial charge in [0.1, 0.15) is 11.6 Å². The largest absolute Gasteiger partial charge is 0.494 e. The molecule has 2 aromatic rings. The summed E-state index contributed by atoms with van der Waals surface area (Å²) >= 11 is 0. The van der Waals surface area contributed by atoms with Crippen molar-refractivity contribution in [1.82, 2.24) is 4.98 Å². The predicted octanol–water partition coefficient (Wildman–Crippen LogP) is 2.07. The quantitative estimate of drug-likeness (QED) is 0.823. The molecule has 1 aromatic heterocycles. The molecule has 26 heavy (non-hydrogen) atoms. The number of benzene rings is 1. The Kier molecular flexibility index (Phi) is 4.40. The molecule has 0 amide bonds. The molecule has 0 N–H and O–H groups in total. The maximum Gasteiger partial charge on any atom is 0.153 e. The van der Waals surface area contributed by atoms with Crippen molar-refractivity contribution in [3.63, 3.8) is 0 Å². The van der Waals surface area contributed by atoms with Crippen molar-refractivity contribution in [2.75, 3.05) is 36.1 Å². The van der Waals surface area contributed by atoms with E-state index < -0.39 is 9.84 Å². The average Bonchev–Trinajstić information content (AvgIpc) is 3.05. The molecule has 3 heterocycles. The Bertz CT molecular complexity index is 956. The molecule has 0 radical (unpaired) electrons. The second-order valence-corrected chi connectivity index (χ2v) is 8.76. The smallest absolute Gasteiger partial charge is 0.153 e. The normalized spacial score (nSPS) is 18.3.